The number of benzene rings is 1. The molecule has 3 atom stereocenters. The van der Waals surface area contributed by atoms with Crippen LogP contribution in [0.3, 0.4) is 0 Å². The van der Waals surface area contributed by atoms with E-state index in [1.165, 1.54) is 19.2 Å². The maximum absolute atomic E-state index is 12.8. The number of rotatable bonds is 10. The Morgan fingerprint density at radius 2 is 1.65 bits per heavy atom. The molecule has 0 bridgehead atoms. The van der Waals surface area contributed by atoms with Crippen LogP contribution in [0.4, 0.5) is 0 Å². The van der Waals surface area contributed by atoms with Gasteiger partial charge >= 0.3 is 11.9 Å². The molecule has 0 saturated carbocycles. The molecule has 10 nitrogen and oxygen atoms in total. The Balaban J connectivity index is 2.11. The van der Waals surface area contributed by atoms with Gasteiger partial charge in [-0.2, -0.15) is 0 Å². The zero-order valence-electron chi connectivity index (χ0n) is 19.7. The highest BCUT2D eigenvalue weighted by Crippen LogP contribution is 2.23. The fourth-order valence-corrected chi connectivity index (χ4v) is 3.16. The molecule has 1 aromatic heterocycles. The van der Waals surface area contributed by atoms with Crippen molar-refractivity contribution in [3.63, 3.8) is 0 Å². The van der Waals surface area contributed by atoms with Gasteiger partial charge in [-0.3, -0.25) is 14.4 Å². The maximum Gasteiger partial charge on any atom is 0.328 e. The zero-order valence-corrected chi connectivity index (χ0v) is 19.7. The molecule has 34 heavy (non-hydrogen) atoms. The molecule has 0 aliphatic heterocycles. The molecule has 2 rings (SSSR count). The quantitative estimate of drug-likeness (QED) is 0.502. The number of carbonyl (C=O) groups excluding carboxylic acids is 4. The molecule has 0 fully saturated rings. The summed E-state index contributed by atoms with van der Waals surface area (Å²) >= 11 is 0. The molecule has 0 saturated heterocycles. The van der Waals surface area contributed by atoms with E-state index in [4.69, 9.17) is 19.9 Å². The Labute approximate surface area is 197 Å². The van der Waals surface area contributed by atoms with Gasteiger partial charge in [0.2, 0.25) is 0 Å². The van der Waals surface area contributed by atoms with Crippen molar-refractivity contribution in [2.75, 3.05) is 0 Å². The van der Waals surface area contributed by atoms with E-state index < -0.39 is 42.0 Å². The van der Waals surface area contributed by atoms with E-state index >= 15 is 0 Å². The molecule has 182 valence electrons. The third-order valence-electron chi connectivity index (χ3n) is 4.77. The van der Waals surface area contributed by atoms with Crippen LogP contribution in [0, 0.1) is 5.92 Å². The summed E-state index contributed by atoms with van der Waals surface area (Å²) in [7, 11) is 0. The van der Waals surface area contributed by atoms with E-state index in [1.807, 2.05) is 32.0 Å². The number of para-hydroxylation sites is 1. The third-order valence-corrected chi connectivity index (χ3v) is 4.77. The Morgan fingerprint density at radius 1 is 1.00 bits per heavy atom. The second-order valence-corrected chi connectivity index (χ2v) is 7.97. The van der Waals surface area contributed by atoms with Crippen molar-refractivity contribution in [2.24, 2.45) is 11.7 Å². The monoisotopic (exact) mass is 471 g/mol. The van der Waals surface area contributed by atoms with Crippen LogP contribution in [-0.4, -0.2) is 47.0 Å². The molecular formula is C24H29N3O7. The topological polar surface area (TPSA) is 147 Å². The average Bonchev–Trinajstić information content (AvgIpc) is 2.77. The lowest BCUT2D eigenvalue weighted by atomic mass is 10.0. The number of hydrogen-bond donors (Lipinski definition) is 2. The van der Waals surface area contributed by atoms with Gasteiger partial charge in [0.25, 0.3) is 11.8 Å². The number of nitrogens with zero attached hydrogens (tertiary/aromatic N) is 1. The third kappa shape index (κ3) is 7.03. The van der Waals surface area contributed by atoms with Crippen LogP contribution in [0.25, 0.3) is 0 Å². The minimum Gasteiger partial charge on any atom is -0.486 e. The van der Waals surface area contributed by atoms with Gasteiger partial charge in [0.1, 0.15) is 24.0 Å². The van der Waals surface area contributed by atoms with Gasteiger partial charge in [0.15, 0.2) is 11.4 Å². The molecule has 1 heterocycles. The largest absolute Gasteiger partial charge is 0.486 e. The van der Waals surface area contributed by atoms with Crippen molar-refractivity contribution in [3.8, 4) is 11.5 Å². The van der Waals surface area contributed by atoms with Gasteiger partial charge in [-0.1, -0.05) is 32.0 Å². The summed E-state index contributed by atoms with van der Waals surface area (Å²) in [6, 6.07) is 9.30. The highest BCUT2D eigenvalue weighted by atomic mass is 16.6. The number of pyridine rings is 1. The average molecular weight is 472 g/mol. The van der Waals surface area contributed by atoms with E-state index in [0.29, 0.717) is 5.75 Å². The lowest BCUT2D eigenvalue weighted by Crippen LogP contribution is -2.44. The zero-order chi connectivity index (χ0) is 25.4. The fraction of sp³-hybridized carbons (Fsp3) is 0.375. The predicted octanol–water partition coefficient (Wildman–Crippen LogP) is 2.26. The second kappa shape index (κ2) is 11.8. The maximum atomic E-state index is 12.8. The molecule has 10 heteroatoms. The van der Waals surface area contributed by atoms with Crippen molar-refractivity contribution >= 4 is 23.8 Å². The number of hydrogen-bond acceptors (Lipinski definition) is 8. The van der Waals surface area contributed by atoms with E-state index in [2.05, 4.69) is 10.3 Å². The Bertz CT molecular complexity index is 1040. The van der Waals surface area contributed by atoms with E-state index in [1.54, 1.807) is 19.1 Å². The van der Waals surface area contributed by atoms with Crippen molar-refractivity contribution in [1.29, 1.82) is 0 Å². The summed E-state index contributed by atoms with van der Waals surface area (Å²) in [5, 5.41) is 2.44. The van der Waals surface area contributed by atoms with Crippen LogP contribution < -0.4 is 20.5 Å². The number of ether oxygens (including phenoxy) is 3. The Morgan fingerprint density at radius 3 is 2.21 bits per heavy atom. The second-order valence-electron chi connectivity index (χ2n) is 7.97. The van der Waals surface area contributed by atoms with Crippen LogP contribution in [-0.2, 0) is 14.3 Å². The van der Waals surface area contributed by atoms with Crippen LogP contribution in [0.2, 0.25) is 0 Å². The number of nitrogens with two attached hydrogens (primary N) is 1. The van der Waals surface area contributed by atoms with Crippen molar-refractivity contribution < 1.29 is 33.4 Å². The first-order valence-corrected chi connectivity index (χ1v) is 10.7. The first-order valence-electron chi connectivity index (χ1n) is 10.7. The highest BCUT2D eigenvalue weighted by molar-refractivity contribution is 6.03. The number of aromatic nitrogens is 1. The number of amides is 2. The van der Waals surface area contributed by atoms with Gasteiger partial charge in [0.05, 0.1) is 5.56 Å². The van der Waals surface area contributed by atoms with E-state index in [-0.39, 0.29) is 22.9 Å². The molecule has 0 spiro atoms. The summed E-state index contributed by atoms with van der Waals surface area (Å²) in [6.45, 7) is 8.12. The molecule has 3 N–H and O–H groups in total. The summed E-state index contributed by atoms with van der Waals surface area (Å²) in [4.78, 5) is 52.4. The van der Waals surface area contributed by atoms with Crippen molar-refractivity contribution in [3.05, 3.63) is 53.9 Å². The van der Waals surface area contributed by atoms with Crippen LogP contribution in [0.15, 0.2) is 42.6 Å². The minimum absolute atomic E-state index is 0.0277. The summed E-state index contributed by atoms with van der Waals surface area (Å²) in [6.07, 6.45) is 0.111. The first-order chi connectivity index (χ1) is 16.0. The summed E-state index contributed by atoms with van der Waals surface area (Å²) < 4.78 is 16.5. The van der Waals surface area contributed by atoms with Crippen molar-refractivity contribution in [1.82, 2.24) is 10.3 Å². The van der Waals surface area contributed by atoms with Gasteiger partial charge < -0.3 is 25.3 Å². The van der Waals surface area contributed by atoms with Gasteiger partial charge in [-0.25, -0.2) is 9.78 Å². The lowest BCUT2D eigenvalue weighted by molar-refractivity contribution is -0.155. The van der Waals surface area contributed by atoms with Gasteiger partial charge in [0, 0.05) is 13.1 Å². The fourth-order valence-electron chi connectivity index (χ4n) is 3.16. The van der Waals surface area contributed by atoms with E-state index in [9.17, 15) is 19.2 Å². The SMILES string of the molecule is CC(=O)Oc1c(C(N)=O)ccnc1C(=O)N[C@@H](C)C(=O)OC(C)C(Oc1ccccc1)C(C)C. The molecule has 2 unspecified atom stereocenters. The lowest BCUT2D eigenvalue weighted by Gasteiger charge is -2.29. The predicted molar refractivity (Wildman–Crippen MR) is 122 cm³/mol. The summed E-state index contributed by atoms with van der Waals surface area (Å²) in [5.74, 6) is -2.95. The first kappa shape index (κ1) is 26.3. The smallest absolute Gasteiger partial charge is 0.328 e. The molecule has 0 radical (unpaired) electrons. The molecule has 2 amide bonds. The van der Waals surface area contributed by atoms with Gasteiger partial charge in [-0.05, 0) is 38.0 Å². The van der Waals surface area contributed by atoms with Crippen LogP contribution >= 0.6 is 0 Å². The van der Waals surface area contributed by atoms with E-state index in [0.717, 1.165) is 6.92 Å². The summed E-state index contributed by atoms with van der Waals surface area (Å²) in [5.41, 5.74) is 4.73. The normalized spacial score (nSPS) is 13.4. The Kier molecular flexibility index (Phi) is 9.11. The molecular weight excluding hydrogens is 442 g/mol. The molecule has 2 aromatic rings. The van der Waals surface area contributed by atoms with Crippen LogP contribution in [0.1, 0.15) is 55.5 Å². The number of nitrogens with one attached hydrogen (secondary N) is 1. The van der Waals surface area contributed by atoms with Crippen molar-refractivity contribution in [2.45, 2.75) is 52.9 Å². The number of primary amides is 1. The van der Waals surface area contributed by atoms with Crippen LogP contribution in [0.5, 0.6) is 11.5 Å². The standard InChI is InChI=1S/C24H29N3O7/c1-13(2)20(34-17-9-7-6-8-10-17)15(4)32-24(31)14(3)27-23(30)19-21(33-16(5)28)18(22(25)29)11-12-26-19/h6-15,20H,1-5H3,(H2,25,29)(H,27,30)/t14-,15?,20?/m0/s1. The minimum atomic E-state index is -1.08. The molecule has 0 aliphatic carbocycles. The Hall–Kier alpha value is -3.95. The number of esters is 2. The molecule has 0 aliphatic rings. The highest BCUT2D eigenvalue weighted by Gasteiger charge is 2.30. The molecule has 1 aromatic carbocycles. The van der Waals surface area contributed by atoms with Gasteiger partial charge in [-0.15, -0.1) is 0 Å². The number of carbonyl (C=O) groups is 4.